The second kappa shape index (κ2) is 5.57. The highest BCUT2D eigenvalue weighted by molar-refractivity contribution is 7.09. The lowest BCUT2D eigenvalue weighted by Crippen LogP contribution is -2.41. The fourth-order valence-electron chi connectivity index (χ4n) is 1.35. The van der Waals surface area contributed by atoms with Crippen LogP contribution in [0.25, 0.3) is 0 Å². The van der Waals surface area contributed by atoms with E-state index in [1.807, 2.05) is 0 Å². The Hall–Kier alpha value is -2.28. The third-order valence-corrected chi connectivity index (χ3v) is 3.00. The lowest BCUT2D eigenvalue weighted by atomic mass is 10.2. The van der Waals surface area contributed by atoms with Crippen molar-refractivity contribution in [3.8, 4) is 0 Å². The quantitative estimate of drug-likeness (QED) is 0.821. The maximum Gasteiger partial charge on any atom is 0.289 e. The van der Waals surface area contributed by atoms with E-state index in [1.54, 1.807) is 12.3 Å². The van der Waals surface area contributed by atoms with Gasteiger partial charge in [-0.3, -0.25) is 20.4 Å². The molecule has 0 fully saturated rings. The van der Waals surface area contributed by atoms with Gasteiger partial charge in [-0.25, -0.2) is 9.37 Å². The molecule has 0 aliphatic heterocycles. The van der Waals surface area contributed by atoms with Gasteiger partial charge in [0.2, 0.25) is 0 Å². The van der Waals surface area contributed by atoms with Crippen LogP contribution in [0.4, 0.5) is 4.39 Å². The van der Waals surface area contributed by atoms with Crippen LogP contribution in [-0.4, -0.2) is 16.8 Å². The summed E-state index contributed by atoms with van der Waals surface area (Å²) < 4.78 is 12.9. The van der Waals surface area contributed by atoms with E-state index in [0.717, 1.165) is 11.1 Å². The SMILES string of the molecule is Cc1nc(C(=O)NNC(=O)c2cccc(F)c2)cs1. The second-order valence-electron chi connectivity index (χ2n) is 3.67. The number of hydrogen-bond acceptors (Lipinski definition) is 4. The van der Waals surface area contributed by atoms with Gasteiger partial charge in [-0.1, -0.05) is 6.07 Å². The highest BCUT2D eigenvalue weighted by atomic mass is 32.1. The van der Waals surface area contributed by atoms with Crippen LogP contribution in [0.15, 0.2) is 29.6 Å². The van der Waals surface area contributed by atoms with Gasteiger partial charge in [0, 0.05) is 10.9 Å². The van der Waals surface area contributed by atoms with Gasteiger partial charge in [0.15, 0.2) is 0 Å². The van der Waals surface area contributed by atoms with Crippen LogP contribution < -0.4 is 10.9 Å². The molecule has 2 N–H and O–H groups in total. The van der Waals surface area contributed by atoms with Crippen LogP contribution >= 0.6 is 11.3 Å². The number of hydrogen-bond donors (Lipinski definition) is 2. The van der Waals surface area contributed by atoms with Gasteiger partial charge in [0.25, 0.3) is 11.8 Å². The largest absolute Gasteiger partial charge is 0.289 e. The average molecular weight is 279 g/mol. The summed E-state index contributed by atoms with van der Waals surface area (Å²) >= 11 is 1.33. The Morgan fingerprint density at radius 3 is 2.63 bits per heavy atom. The first-order valence-corrected chi connectivity index (χ1v) is 6.22. The fourth-order valence-corrected chi connectivity index (χ4v) is 1.94. The highest BCUT2D eigenvalue weighted by Crippen LogP contribution is 2.07. The predicted octanol–water partition coefficient (Wildman–Crippen LogP) is 1.67. The van der Waals surface area contributed by atoms with E-state index in [2.05, 4.69) is 15.8 Å². The first kappa shape index (κ1) is 13.2. The second-order valence-corrected chi connectivity index (χ2v) is 4.73. The molecule has 2 amide bonds. The molecule has 0 bridgehead atoms. The number of aromatic nitrogens is 1. The van der Waals surface area contributed by atoms with Crippen molar-refractivity contribution in [3.63, 3.8) is 0 Å². The first-order chi connectivity index (χ1) is 9.06. The first-order valence-electron chi connectivity index (χ1n) is 5.34. The minimum absolute atomic E-state index is 0.120. The van der Waals surface area contributed by atoms with Gasteiger partial charge >= 0.3 is 0 Å². The zero-order chi connectivity index (χ0) is 13.8. The van der Waals surface area contributed by atoms with Crippen molar-refractivity contribution in [1.82, 2.24) is 15.8 Å². The highest BCUT2D eigenvalue weighted by Gasteiger charge is 2.11. The standard InChI is InChI=1S/C12H10FN3O2S/c1-7-14-10(6-19-7)12(18)16-15-11(17)8-3-2-4-9(13)5-8/h2-6H,1H3,(H,15,17)(H,16,18). The molecule has 1 aromatic carbocycles. The average Bonchev–Trinajstić information content (AvgIpc) is 2.82. The molecule has 1 heterocycles. The van der Waals surface area contributed by atoms with Crippen LogP contribution in [0.3, 0.4) is 0 Å². The molecule has 1 aromatic heterocycles. The van der Waals surface area contributed by atoms with E-state index in [1.165, 1.54) is 29.5 Å². The van der Waals surface area contributed by atoms with E-state index in [9.17, 15) is 14.0 Å². The summed E-state index contributed by atoms with van der Waals surface area (Å²) in [6, 6.07) is 5.16. The molecule has 0 radical (unpaired) electrons. The molecule has 0 aliphatic rings. The van der Waals surface area contributed by atoms with Crippen LogP contribution in [-0.2, 0) is 0 Å². The predicted molar refractivity (Wildman–Crippen MR) is 68.2 cm³/mol. The molecule has 0 aliphatic carbocycles. The number of carbonyl (C=O) groups excluding carboxylic acids is 2. The van der Waals surface area contributed by atoms with E-state index >= 15 is 0 Å². The van der Waals surface area contributed by atoms with Gasteiger partial charge in [-0.05, 0) is 25.1 Å². The Bertz CT molecular complexity index is 627. The van der Waals surface area contributed by atoms with E-state index < -0.39 is 17.6 Å². The number of nitrogens with one attached hydrogen (secondary N) is 2. The molecule has 98 valence electrons. The normalized spacial score (nSPS) is 10.0. The Kier molecular flexibility index (Phi) is 3.86. The van der Waals surface area contributed by atoms with Crippen LogP contribution in [0.2, 0.25) is 0 Å². The lowest BCUT2D eigenvalue weighted by molar-refractivity contribution is 0.0844. The molecule has 0 saturated carbocycles. The van der Waals surface area contributed by atoms with Crippen molar-refractivity contribution in [1.29, 1.82) is 0 Å². The smallest absolute Gasteiger partial charge is 0.267 e. The Labute approximate surface area is 112 Å². The number of nitrogens with zero attached hydrogens (tertiary/aromatic N) is 1. The van der Waals surface area contributed by atoms with Crippen molar-refractivity contribution in [2.75, 3.05) is 0 Å². The van der Waals surface area contributed by atoms with E-state index in [0.29, 0.717) is 0 Å². The minimum atomic E-state index is -0.597. The number of thiazole rings is 1. The van der Waals surface area contributed by atoms with E-state index in [4.69, 9.17) is 0 Å². The van der Waals surface area contributed by atoms with Gasteiger partial charge in [0.1, 0.15) is 11.5 Å². The number of benzene rings is 1. The summed E-state index contributed by atoms with van der Waals surface area (Å²) in [7, 11) is 0. The zero-order valence-electron chi connectivity index (χ0n) is 9.94. The molecule has 7 heteroatoms. The number of aryl methyl sites for hydroxylation is 1. The van der Waals surface area contributed by atoms with Gasteiger partial charge in [-0.2, -0.15) is 0 Å². The third kappa shape index (κ3) is 3.35. The number of halogens is 1. The summed E-state index contributed by atoms with van der Waals surface area (Å²) in [6.07, 6.45) is 0. The molecular weight excluding hydrogens is 269 g/mol. The van der Waals surface area contributed by atoms with Gasteiger partial charge in [0.05, 0.1) is 5.01 Å². The Morgan fingerprint density at radius 1 is 1.26 bits per heavy atom. The maximum absolute atomic E-state index is 12.9. The maximum atomic E-state index is 12.9. The molecule has 0 spiro atoms. The summed E-state index contributed by atoms with van der Waals surface area (Å²) in [6.45, 7) is 1.77. The molecular formula is C12H10FN3O2S. The topological polar surface area (TPSA) is 71.1 Å². The van der Waals surface area contributed by atoms with Gasteiger partial charge < -0.3 is 0 Å². The van der Waals surface area contributed by atoms with Crippen molar-refractivity contribution < 1.29 is 14.0 Å². The third-order valence-electron chi connectivity index (χ3n) is 2.23. The van der Waals surface area contributed by atoms with Crippen molar-refractivity contribution >= 4 is 23.2 Å². The number of carbonyl (C=O) groups is 2. The van der Waals surface area contributed by atoms with Crippen molar-refractivity contribution in [3.05, 3.63) is 51.7 Å². The molecule has 0 unspecified atom stereocenters. The van der Waals surface area contributed by atoms with Gasteiger partial charge in [-0.15, -0.1) is 11.3 Å². The molecule has 0 atom stereocenters. The molecule has 2 aromatic rings. The number of rotatable bonds is 2. The lowest BCUT2D eigenvalue weighted by Gasteiger charge is -2.05. The Morgan fingerprint density at radius 2 is 2.00 bits per heavy atom. The minimum Gasteiger partial charge on any atom is -0.267 e. The number of hydrazine groups is 1. The summed E-state index contributed by atoms with van der Waals surface area (Å²) in [5.74, 6) is -1.64. The molecule has 0 saturated heterocycles. The monoisotopic (exact) mass is 279 g/mol. The van der Waals surface area contributed by atoms with E-state index in [-0.39, 0.29) is 11.3 Å². The molecule has 2 rings (SSSR count). The van der Waals surface area contributed by atoms with Crippen LogP contribution in [0, 0.1) is 12.7 Å². The van der Waals surface area contributed by atoms with Crippen molar-refractivity contribution in [2.24, 2.45) is 0 Å². The zero-order valence-corrected chi connectivity index (χ0v) is 10.8. The molecule has 5 nitrogen and oxygen atoms in total. The van der Waals surface area contributed by atoms with Crippen molar-refractivity contribution in [2.45, 2.75) is 6.92 Å². The van der Waals surface area contributed by atoms with Crippen LogP contribution in [0.5, 0.6) is 0 Å². The number of amides is 2. The van der Waals surface area contributed by atoms with Crippen LogP contribution in [0.1, 0.15) is 25.9 Å². The summed E-state index contributed by atoms with van der Waals surface area (Å²) in [5, 5.41) is 2.33. The molecule has 19 heavy (non-hydrogen) atoms. The summed E-state index contributed by atoms with van der Waals surface area (Å²) in [5.41, 5.74) is 4.75. The Balaban J connectivity index is 1.95. The fraction of sp³-hybridized carbons (Fsp3) is 0.0833. The summed E-state index contributed by atoms with van der Waals surface area (Å²) in [4.78, 5) is 27.2.